The molecule has 26 heavy (non-hydrogen) atoms. The summed E-state index contributed by atoms with van der Waals surface area (Å²) in [6.45, 7) is 3.98. The zero-order valence-corrected chi connectivity index (χ0v) is 16.0. The molecular weight excluding hydrogens is 354 g/mol. The molecule has 1 atom stereocenters. The lowest BCUT2D eigenvalue weighted by molar-refractivity contribution is -0.115. The van der Waals surface area contributed by atoms with Gasteiger partial charge in [0.05, 0.1) is 18.9 Å². The van der Waals surface area contributed by atoms with Crippen LogP contribution in [-0.2, 0) is 11.8 Å². The van der Waals surface area contributed by atoms with Crippen LogP contribution in [0.3, 0.4) is 0 Å². The number of amides is 2. The van der Waals surface area contributed by atoms with Crippen molar-refractivity contribution in [1.82, 2.24) is 20.1 Å². The molecule has 2 aromatic rings. The SMILES string of the molecule is COc1ccc(C(=O)N[C@H](c2nnc(SCC(N)=O)n2C)C(C)C)cc1. The monoisotopic (exact) mass is 377 g/mol. The maximum Gasteiger partial charge on any atom is 0.251 e. The molecule has 0 aliphatic heterocycles. The van der Waals surface area contributed by atoms with E-state index in [0.717, 1.165) is 0 Å². The van der Waals surface area contributed by atoms with Crippen molar-refractivity contribution in [2.75, 3.05) is 12.9 Å². The molecule has 2 rings (SSSR count). The van der Waals surface area contributed by atoms with Crippen LogP contribution in [0.1, 0.15) is 36.1 Å². The molecule has 2 amide bonds. The van der Waals surface area contributed by atoms with Crippen molar-refractivity contribution in [3.8, 4) is 5.75 Å². The quantitative estimate of drug-likeness (QED) is 0.675. The Morgan fingerprint density at radius 2 is 1.92 bits per heavy atom. The summed E-state index contributed by atoms with van der Waals surface area (Å²) in [5.74, 6) is 0.888. The van der Waals surface area contributed by atoms with Crippen LogP contribution >= 0.6 is 11.8 Å². The number of carbonyl (C=O) groups is 2. The first-order valence-electron chi connectivity index (χ1n) is 8.08. The molecular formula is C17H23N5O3S. The molecule has 0 radical (unpaired) electrons. The predicted molar refractivity (Wildman–Crippen MR) is 99.0 cm³/mol. The van der Waals surface area contributed by atoms with Crippen LogP contribution in [0.25, 0.3) is 0 Å². The van der Waals surface area contributed by atoms with E-state index in [-0.39, 0.29) is 23.6 Å². The third-order valence-electron chi connectivity index (χ3n) is 3.80. The summed E-state index contributed by atoms with van der Waals surface area (Å²) in [5.41, 5.74) is 5.70. The van der Waals surface area contributed by atoms with E-state index < -0.39 is 5.91 Å². The number of nitrogens with two attached hydrogens (primary N) is 1. The van der Waals surface area contributed by atoms with Gasteiger partial charge >= 0.3 is 0 Å². The predicted octanol–water partition coefficient (Wildman–Crippen LogP) is 1.53. The zero-order valence-electron chi connectivity index (χ0n) is 15.2. The molecule has 0 saturated heterocycles. The molecule has 0 bridgehead atoms. The summed E-state index contributed by atoms with van der Waals surface area (Å²) in [5, 5.41) is 11.9. The van der Waals surface area contributed by atoms with E-state index in [9.17, 15) is 9.59 Å². The Bertz CT molecular complexity index is 773. The average molecular weight is 377 g/mol. The number of nitrogens with one attached hydrogen (secondary N) is 1. The highest BCUT2D eigenvalue weighted by Crippen LogP contribution is 2.24. The van der Waals surface area contributed by atoms with Crippen molar-refractivity contribution in [2.24, 2.45) is 18.7 Å². The van der Waals surface area contributed by atoms with Crippen molar-refractivity contribution in [2.45, 2.75) is 25.0 Å². The normalized spacial score (nSPS) is 12.0. The molecule has 0 saturated carbocycles. The summed E-state index contributed by atoms with van der Waals surface area (Å²) in [4.78, 5) is 23.5. The maximum absolute atomic E-state index is 12.6. The number of methoxy groups -OCH3 is 1. The van der Waals surface area contributed by atoms with Crippen molar-refractivity contribution >= 4 is 23.6 Å². The molecule has 0 unspecified atom stereocenters. The topological polar surface area (TPSA) is 112 Å². The zero-order chi connectivity index (χ0) is 19.3. The Kier molecular flexibility index (Phi) is 6.62. The van der Waals surface area contributed by atoms with Gasteiger partial charge in [-0.3, -0.25) is 9.59 Å². The van der Waals surface area contributed by atoms with E-state index >= 15 is 0 Å². The first-order chi connectivity index (χ1) is 12.3. The number of nitrogens with zero attached hydrogens (tertiary/aromatic N) is 3. The first kappa shape index (κ1) is 19.8. The van der Waals surface area contributed by atoms with E-state index in [2.05, 4.69) is 15.5 Å². The minimum atomic E-state index is -0.423. The van der Waals surface area contributed by atoms with E-state index in [1.807, 2.05) is 13.8 Å². The van der Waals surface area contributed by atoms with Crippen LogP contribution in [0.5, 0.6) is 5.75 Å². The highest BCUT2D eigenvalue weighted by Gasteiger charge is 2.25. The second-order valence-corrected chi connectivity index (χ2v) is 7.02. The van der Waals surface area contributed by atoms with Crippen LogP contribution in [0.4, 0.5) is 0 Å². The van der Waals surface area contributed by atoms with Crippen molar-refractivity contribution < 1.29 is 14.3 Å². The fraction of sp³-hybridized carbons (Fsp3) is 0.412. The second-order valence-electron chi connectivity index (χ2n) is 6.08. The minimum Gasteiger partial charge on any atom is -0.497 e. The molecule has 0 aliphatic rings. The summed E-state index contributed by atoms with van der Waals surface area (Å²) in [6, 6.07) is 6.55. The van der Waals surface area contributed by atoms with E-state index in [1.165, 1.54) is 11.8 Å². The maximum atomic E-state index is 12.6. The average Bonchev–Trinajstić information content (AvgIpc) is 2.97. The Hall–Kier alpha value is -2.55. The third-order valence-corrected chi connectivity index (χ3v) is 4.84. The molecule has 9 heteroatoms. The number of thioether (sulfide) groups is 1. The van der Waals surface area contributed by atoms with Gasteiger partial charge in [-0.05, 0) is 30.2 Å². The summed E-state index contributed by atoms with van der Waals surface area (Å²) in [6.07, 6.45) is 0. The van der Waals surface area contributed by atoms with Gasteiger partial charge in [-0.25, -0.2) is 0 Å². The minimum absolute atomic E-state index is 0.0917. The summed E-state index contributed by atoms with van der Waals surface area (Å²) in [7, 11) is 3.37. The largest absolute Gasteiger partial charge is 0.497 e. The van der Waals surface area contributed by atoms with Gasteiger partial charge in [-0.1, -0.05) is 25.6 Å². The lowest BCUT2D eigenvalue weighted by atomic mass is 10.0. The van der Waals surface area contributed by atoms with E-state index in [0.29, 0.717) is 22.3 Å². The lowest BCUT2D eigenvalue weighted by Crippen LogP contribution is -2.33. The Morgan fingerprint density at radius 1 is 1.27 bits per heavy atom. The molecule has 0 fully saturated rings. The molecule has 0 spiro atoms. The van der Waals surface area contributed by atoms with Crippen molar-refractivity contribution in [1.29, 1.82) is 0 Å². The molecule has 1 heterocycles. The highest BCUT2D eigenvalue weighted by molar-refractivity contribution is 7.99. The molecule has 1 aromatic heterocycles. The van der Waals surface area contributed by atoms with Gasteiger partial charge in [-0.2, -0.15) is 0 Å². The summed E-state index contributed by atoms with van der Waals surface area (Å²) < 4.78 is 6.88. The fourth-order valence-corrected chi connectivity index (χ4v) is 3.01. The van der Waals surface area contributed by atoms with Gasteiger partial charge in [0.25, 0.3) is 5.91 Å². The van der Waals surface area contributed by atoms with Gasteiger partial charge in [-0.15, -0.1) is 10.2 Å². The molecule has 8 nitrogen and oxygen atoms in total. The lowest BCUT2D eigenvalue weighted by Gasteiger charge is -2.21. The number of ether oxygens (including phenoxy) is 1. The van der Waals surface area contributed by atoms with Crippen molar-refractivity contribution in [3.63, 3.8) is 0 Å². The Morgan fingerprint density at radius 3 is 2.46 bits per heavy atom. The number of hydrogen-bond acceptors (Lipinski definition) is 6. The molecule has 3 N–H and O–H groups in total. The first-order valence-corrected chi connectivity index (χ1v) is 9.07. The van der Waals surface area contributed by atoms with Crippen LogP contribution in [0, 0.1) is 5.92 Å². The second kappa shape index (κ2) is 8.70. The van der Waals surface area contributed by atoms with E-state index in [1.54, 1.807) is 43.0 Å². The van der Waals surface area contributed by atoms with Crippen LogP contribution in [0.15, 0.2) is 29.4 Å². The molecule has 140 valence electrons. The standard InChI is InChI=1S/C17H23N5O3S/c1-10(2)14(15-20-21-17(22(15)3)26-9-13(18)23)19-16(24)11-5-7-12(25-4)8-6-11/h5-8,10,14H,9H2,1-4H3,(H2,18,23)(H,19,24)/t14-/m0/s1. The number of carbonyl (C=O) groups excluding carboxylic acids is 2. The third kappa shape index (κ3) is 4.75. The van der Waals surface area contributed by atoms with Gasteiger partial charge in [0, 0.05) is 12.6 Å². The van der Waals surface area contributed by atoms with Crippen molar-refractivity contribution in [3.05, 3.63) is 35.7 Å². The van der Waals surface area contributed by atoms with Gasteiger partial charge in [0.1, 0.15) is 5.75 Å². The van der Waals surface area contributed by atoms with Crippen LogP contribution < -0.4 is 15.8 Å². The molecule has 0 aliphatic carbocycles. The van der Waals surface area contributed by atoms with Crippen LogP contribution in [0.2, 0.25) is 0 Å². The number of hydrogen-bond donors (Lipinski definition) is 2. The van der Waals surface area contributed by atoms with Gasteiger partial charge in [0.2, 0.25) is 5.91 Å². The Labute approximate surface area is 156 Å². The summed E-state index contributed by atoms with van der Waals surface area (Å²) >= 11 is 1.21. The number of primary amides is 1. The van der Waals surface area contributed by atoms with Gasteiger partial charge < -0.3 is 20.4 Å². The fourth-order valence-electron chi connectivity index (χ4n) is 2.35. The highest BCUT2D eigenvalue weighted by atomic mass is 32.2. The van der Waals surface area contributed by atoms with Crippen LogP contribution in [-0.4, -0.2) is 39.4 Å². The number of rotatable bonds is 8. The van der Waals surface area contributed by atoms with Gasteiger partial charge in [0.15, 0.2) is 11.0 Å². The molecule has 1 aromatic carbocycles. The Balaban J connectivity index is 2.18. The smallest absolute Gasteiger partial charge is 0.251 e. The number of aromatic nitrogens is 3. The van der Waals surface area contributed by atoms with E-state index in [4.69, 9.17) is 10.5 Å². The number of benzene rings is 1.